The number of hydrogen-bond acceptors (Lipinski definition) is 4. The van der Waals surface area contributed by atoms with E-state index in [1.165, 1.54) is 15.6 Å². The van der Waals surface area contributed by atoms with Crippen molar-refractivity contribution in [2.75, 3.05) is 16.8 Å². The lowest BCUT2D eigenvalue weighted by atomic mass is 10.1. The number of rotatable bonds is 6. The minimum Gasteiger partial charge on any atom is -0.465 e. The molecular formula is C20H17Br3ClN5O3. The van der Waals surface area contributed by atoms with Gasteiger partial charge in [-0.3, -0.25) is 9.69 Å². The quantitative estimate of drug-likeness (QED) is 0.313. The Morgan fingerprint density at radius 3 is 2.59 bits per heavy atom. The molecule has 2 amide bonds. The van der Waals surface area contributed by atoms with Crippen molar-refractivity contribution in [1.29, 1.82) is 0 Å². The summed E-state index contributed by atoms with van der Waals surface area (Å²) < 4.78 is 2.88. The van der Waals surface area contributed by atoms with Crippen LogP contribution in [0.4, 0.5) is 16.2 Å². The maximum absolute atomic E-state index is 13.3. The molecule has 0 aliphatic rings. The summed E-state index contributed by atoms with van der Waals surface area (Å²) in [5, 5.41) is 17.2. The molecule has 0 fully saturated rings. The normalized spacial score (nSPS) is 11.0. The third-order valence-corrected chi connectivity index (χ3v) is 5.96. The summed E-state index contributed by atoms with van der Waals surface area (Å²) in [6, 6.07) is 8.19. The van der Waals surface area contributed by atoms with E-state index in [0.29, 0.717) is 29.9 Å². The molecular weight excluding hydrogens is 633 g/mol. The Morgan fingerprint density at radius 2 is 1.97 bits per heavy atom. The van der Waals surface area contributed by atoms with Crippen LogP contribution in [0, 0.1) is 5.92 Å². The Labute approximate surface area is 214 Å². The van der Waals surface area contributed by atoms with E-state index in [0.717, 1.165) is 0 Å². The number of aromatic nitrogens is 3. The zero-order valence-electron chi connectivity index (χ0n) is 16.8. The van der Waals surface area contributed by atoms with Gasteiger partial charge in [0.2, 0.25) is 0 Å². The average Bonchev–Trinajstić information content (AvgIpc) is 3.09. The van der Waals surface area contributed by atoms with Gasteiger partial charge < -0.3 is 10.4 Å². The predicted octanol–water partition coefficient (Wildman–Crippen LogP) is 6.60. The number of carbonyl (C=O) groups excluding carboxylic acids is 1. The Bertz CT molecular complexity index is 1190. The molecule has 2 N–H and O–H groups in total. The number of anilines is 2. The van der Waals surface area contributed by atoms with Crippen molar-refractivity contribution in [3.05, 3.63) is 60.8 Å². The van der Waals surface area contributed by atoms with Crippen LogP contribution in [0.3, 0.4) is 0 Å². The van der Waals surface area contributed by atoms with Gasteiger partial charge in [-0.15, -0.1) is 0 Å². The molecule has 168 valence electrons. The van der Waals surface area contributed by atoms with Crippen molar-refractivity contribution in [1.82, 2.24) is 14.8 Å². The fourth-order valence-electron chi connectivity index (χ4n) is 2.93. The molecule has 2 aromatic heterocycles. The second kappa shape index (κ2) is 10.3. The van der Waals surface area contributed by atoms with Gasteiger partial charge >= 0.3 is 6.09 Å². The highest BCUT2D eigenvalue weighted by molar-refractivity contribution is 9.11. The maximum Gasteiger partial charge on any atom is 0.411 e. The third kappa shape index (κ3) is 5.51. The average molecular weight is 651 g/mol. The van der Waals surface area contributed by atoms with E-state index in [-0.39, 0.29) is 24.0 Å². The molecule has 0 atom stereocenters. The predicted molar refractivity (Wildman–Crippen MR) is 134 cm³/mol. The summed E-state index contributed by atoms with van der Waals surface area (Å²) in [5.41, 5.74) is 0.781. The minimum atomic E-state index is -1.13. The van der Waals surface area contributed by atoms with Crippen LogP contribution in [0.5, 0.6) is 0 Å². The lowest BCUT2D eigenvalue weighted by Crippen LogP contribution is -2.34. The van der Waals surface area contributed by atoms with E-state index in [1.54, 1.807) is 30.5 Å². The molecule has 0 radical (unpaired) electrons. The number of nitrogens with zero attached hydrogens (tertiary/aromatic N) is 4. The number of nitrogens with one attached hydrogen (secondary N) is 1. The fraction of sp³-hybridized carbons (Fsp3) is 0.200. The van der Waals surface area contributed by atoms with Crippen LogP contribution in [0.2, 0.25) is 5.02 Å². The Balaban J connectivity index is 2.06. The lowest BCUT2D eigenvalue weighted by molar-refractivity contribution is 0.101. The minimum absolute atomic E-state index is 0.0658. The summed E-state index contributed by atoms with van der Waals surface area (Å²) in [6.07, 6.45) is 0.408. The molecule has 32 heavy (non-hydrogen) atoms. The lowest BCUT2D eigenvalue weighted by Gasteiger charge is -2.25. The highest BCUT2D eigenvalue weighted by Crippen LogP contribution is 2.38. The first kappa shape index (κ1) is 24.7. The fourth-order valence-corrected chi connectivity index (χ4v) is 4.81. The Kier molecular flexibility index (Phi) is 7.97. The maximum atomic E-state index is 13.3. The molecule has 8 nitrogen and oxygen atoms in total. The van der Waals surface area contributed by atoms with Gasteiger partial charge in [-0.05, 0) is 62.0 Å². The van der Waals surface area contributed by atoms with E-state index in [9.17, 15) is 14.7 Å². The standard InChI is InChI=1S/C20H17Br3ClN5O3/c1-10(2)9-28(20(31)32)14-7-11(21)6-12(22)17(14)26-19(30)15-8-16(23)27-29(15)18-13(24)4-3-5-25-18/h3-8,10H,9H2,1-2H3,(H,26,30)(H,31,32). The summed E-state index contributed by atoms with van der Waals surface area (Å²) >= 11 is 16.3. The molecule has 3 aromatic rings. The zero-order valence-corrected chi connectivity index (χ0v) is 22.3. The first-order valence-corrected chi connectivity index (χ1v) is 12.0. The van der Waals surface area contributed by atoms with Crippen molar-refractivity contribution in [2.24, 2.45) is 5.92 Å². The molecule has 3 rings (SSSR count). The molecule has 2 heterocycles. The van der Waals surface area contributed by atoms with Gasteiger partial charge in [-0.1, -0.05) is 41.4 Å². The number of hydrogen-bond donors (Lipinski definition) is 2. The van der Waals surface area contributed by atoms with Crippen LogP contribution in [-0.4, -0.2) is 38.4 Å². The molecule has 0 aliphatic heterocycles. The van der Waals surface area contributed by atoms with Gasteiger partial charge in [-0.2, -0.15) is 5.10 Å². The zero-order chi connectivity index (χ0) is 23.6. The van der Waals surface area contributed by atoms with Crippen molar-refractivity contribution < 1.29 is 14.7 Å². The van der Waals surface area contributed by atoms with Gasteiger partial charge in [0, 0.05) is 27.8 Å². The molecule has 0 saturated carbocycles. The number of pyridine rings is 1. The second-order valence-corrected chi connectivity index (χ2v) is 10.1. The Hall–Kier alpha value is -1.95. The number of carboxylic acid groups (broad SMARTS) is 1. The summed E-state index contributed by atoms with van der Waals surface area (Å²) in [4.78, 5) is 30.7. The van der Waals surface area contributed by atoms with Crippen LogP contribution in [-0.2, 0) is 0 Å². The molecule has 0 spiro atoms. The third-order valence-electron chi connectivity index (χ3n) is 4.19. The van der Waals surface area contributed by atoms with Gasteiger partial charge in [-0.25, -0.2) is 14.5 Å². The number of benzene rings is 1. The second-order valence-electron chi connectivity index (χ2n) is 7.10. The van der Waals surface area contributed by atoms with E-state index < -0.39 is 12.0 Å². The summed E-state index contributed by atoms with van der Waals surface area (Å²) in [7, 11) is 0. The molecule has 0 aliphatic carbocycles. The monoisotopic (exact) mass is 647 g/mol. The van der Waals surface area contributed by atoms with Crippen molar-refractivity contribution in [3.8, 4) is 5.82 Å². The number of carbonyl (C=O) groups is 2. The largest absolute Gasteiger partial charge is 0.465 e. The van der Waals surface area contributed by atoms with Crippen LogP contribution in [0.25, 0.3) is 5.82 Å². The smallest absolute Gasteiger partial charge is 0.411 e. The number of amides is 2. The van der Waals surface area contributed by atoms with Crippen LogP contribution >= 0.6 is 59.4 Å². The molecule has 12 heteroatoms. The van der Waals surface area contributed by atoms with E-state index in [2.05, 4.69) is 63.2 Å². The van der Waals surface area contributed by atoms with Gasteiger partial charge in [0.05, 0.1) is 16.4 Å². The van der Waals surface area contributed by atoms with Crippen LogP contribution in [0.15, 0.2) is 50.1 Å². The molecule has 0 bridgehead atoms. The van der Waals surface area contributed by atoms with Gasteiger partial charge in [0.15, 0.2) is 5.82 Å². The highest BCUT2D eigenvalue weighted by Gasteiger charge is 2.25. The van der Waals surface area contributed by atoms with Crippen molar-refractivity contribution in [2.45, 2.75) is 13.8 Å². The first-order valence-electron chi connectivity index (χ1n) is 9.25. The topological polar surface area (TPSA) is 100 Å². The SMILES string of the molecule is CC(C)CN(C(=O)O)c1cc(Br)cc(Br)c1NC(=O)c1cc(Br)nn1-c1ncccc1Cl. The van der Waals surface area contributed by atoms with Crippen LogP contribution < -0.4 is 10.2 Å². The summed E-state index contributed by atoms with van der Waals surface area (Å²) in [5.74, 6) is -0.174. The molecule has 0 saturated heterocycles. The van der Waals surface area contributed by atoms with Crippen molar-refractivity contribution >= 4 is 82.8 Å². The summed E-state index contributed by atoms with van der Waals surface area (Å²) in [6.45, 7) is 4.07. The Morgan fingerprint density at radius 1 is 1.25 bits per heavy atom. The van der Waals surface area contributed by atoms with Gasteiger partial charge in [0.1, 0.15) is 10.3 Å². The number of halogens is 4. The highest BCUT2D eigenvalue weighted by atomic mass is 79.9. The van der Waals surface area contributed by atoms with E-state index >= 15 is 0 Å². The van der Waals surface area contributed by atoms with Gasteiger partial charge in [0.25, 0.3) is 5.91 Å². The van der Waals surface area contributed by atoms with E-state index in [1.807, 2.05) is 13.8 Å². The first-order chi connectivity index (χ1) is 15.1. The van der Waals surface area contributed by atoms with E-state index in [4.69, 9.17) is 11.6 Å². The molecule has 0 unspecified atom stereocenters. The molecule has 1 aromatic carbocycles. The van der Waals surface area contributed by atoms with Crippen molar-refractivity contribution in [3.63, 3.8) is 0 Å². The van der Waals surface area contributed by atoms with Crippen LogP contribution in [0.1, 0.15) is 24.3 Å².